The Hall–Kier alpha value is -1.85. The van der Waals surface area contributed by atoms with Crippen LogP contribution in [0.5, 0.6) is 0 Å². The fourth-order valence-corrected chi connectivity index (χ4v) is 4.16. The fourth-order valence-electron chi connectivity index (χ4n) is 4.16. The van der Waals surface area contributed by atoms with Gasteiger partial charge in [0.1, 0.15) is 15.7 Å². The zero-order valence-electron chi connectivity index (χ0n) is 15.0. The van der Waals surface area contributed by atoms with E-state index in [1.54, 1.807) is 7.85 Å². The van der Waals surface area contributed by atoms with Gasteiger partial charge < -0.3 is 0 Å². The first-order chi connectivity index (χ1) is 10.2. The average Bonchev–Trinajstić information content (AvgIpc) is 2.48. The highest BCUT2D eigenvalue weighted by Gasteiger charge is 2.61. The van der Waals surface area contributed by atoms with E-state index in [9.17, 15) is 20.2 Å². The van der Waals surface area contributed by atoms with E-state index in [2.05, 4.69) is 27.7 Å². The summed E-state index contributed by atoms with van der Waals surface area (Å²) < 4.78 is 0. The number of nitrogens with zero attached hydrogens (tertiary/aromatic N) is 2. The molecular weight excluding hydrogens is 294 g/mol. The zero-order valence-corrected chi connectivity index (χ0v) is 15.0. The third-order valence-corrected chi connectivity index (χ3v) is 6.74. The lowest BCUT2D eigenvalue weighted by Gasteiger charge is -2.44. The molecule has 0 saturated heterocycles. The molecule has 0 aliphatic heterocycles. The Kier molecular flexibility index (Phi) is 3.49. The van der Waals surface area contributed by atoms with E-state index in [1.165, 1.54) is 0 Å². The van der Waals surface area contributed by atoms with Gasteiger partial charge in [-0.15, -0.1) is 0 Å². The maximum absolute atomic E-state index is 11.8. The molecule has 0 fully saturated rings. The molecular formula is C15H22B2N2O4. The molecule has 1 aliphatic rings. The van der Waals surface area contributed by atoms with Gasteiger partial charge in [-0.3, -0.25) is 20.2 Å². The number of hydrogen-bond donors (Lipinski definition) is 0. The summed E-state index contributed by atoms with van der Waals surface area (Å²) in [6, 6.07) is 0. The van der Waals surface area contributed by atoms with Crippen molar-refractivity contribution in [3.05, 3.63) is 31.4 Å². The highest BCUT2D eigenvalue weighted by atomic mass is 16.6. The summed E-state index contributed by atoms with van der Waals surface area (Å²) in [7, 11) is 3.44. The molecule has 1 aromatic carbocycles. The number of fused-ring (bicyclic) bond motifs is 1. The van der Waals surface area contributed by atoms with Gasteiger partial charge in [0.05, 0.1) is 9.85 Å². The molecule has 122 valence electrons. The highest BCUT2D eigenvalue weighted by Crippen LogP contribution is 2.63. The van der Waals surface area contributed by atoms with Crippen molar-refractivity contribution in [3.63, 3.8) is 0 Å². The highest BCUT2D eigenvalue weighted by molar-refractivity contribution is 6.51. The largest absolute Gasteiger partial charge is 0.349 e. The summed E-state index contributed by atoms with van der Waals surface area (Å²) >= 11 is 0. The molecule has 0 heterocycles. The average molecular weight is 316 g/mol. The van der Waals surface area contributed by atoms with Crippen LogP contribution in [-0.2, 0) is 10.8 Å². The SMILES string of the molecule is Bc1c(B)c2c(c([N+](=O)[O-])c1[N+](=O)[O-])C(C)(C)C(C)(C)C2(C)C. The Morgan fingerprint density at radius 1 is 0.739 bits per heavy atom. The minimum Gasteiger partial charge on any atom is -0.258 e. The van der Waals surface area contributed by atoms with Crippen molar-refractivity contribution in [3.8, 4) is 0 Å². The summed E-state index contributed by atoms with van der Waals surface area (Å²) in [5.41, 5.74) is 0.708. The van der Waals surface area contributed by atoms with Gasteiger partial charge in [0.2, 0.25) is 0 Å². The second kappa shape index (κ2) is 4.58. The topological polar surface area (TPSA) is 86.3 Å². The third kappa shape index (κ3) is 1.83. The van der Waals surface area contributed by atoms with Crippen LogP contribution in [0.1, 0.15) is 52.7 Å². The minimum absolute atomic E-state index is 0.292. The number of benzene rings is 1. The van der Waals surface area contributed by atoms with Gasteiger partial charge in [0.15, 0.2) is 0 Å². The Bertz CT molecular complexity index is 755. The third-order valence-electron chi connectivity index (χ3n) is 6.74. The molecule has 0 radical (unpaired) electrons. The summed E-state index contributed by atoms with van der Waals surface area (Å²) in [4.78, 5) is 22.1. The first-order valence-corrected chi connectivity index (χ1v) is 7.68. The van der Waals surface area contributed by atoms with Crippen LogP contribution in [0.2, 0.25) is 0 Å². The molecule has 8 heteroatoms. The maximum Gasteiger partial charge on any atom is 0.349 e. The van der Waals surface area contributed by atoms with E-state index >= 15 is 0 Å². The van der Waals surface area contributed by atoms with E-state index in [0.29, 0.717) is 11.0 Å². The van der Waals surface area contributed by atoms with Gasteiger partial charge in [0, 0.05) is 11.0 Å². The smallest absolute Gasteiger partial charge is 0.258 e. The standard InChI is InChI=1S/C15H22B2N2O4/c1-13(2)7-8(14(3,4)15(13,5)6)11(18(20)21)12(19(22)23)10(17)9(7)16/h16-17H2,1-6H3. The van der Waals surface area contributed by atoms with Crippen LogP contribution in [0, 0.1) is 25.6 Å². The van der Waals surface area contributed by atoms with E-state index < -0.39 is 15.3 Å². The molecule has 0 amide bonds. The predicted octanol–water partition coefficient (Wildman–Crippen LogP) is 0.615. The number of nitro groups is 2. The lowest BCUT2D eigenvalue weighted by molar-refractivity contribution is -0.422. The normalized spacial score (nSPS) is 20.1. The summed E-state index contributed by atoms with van der Waals surface area (Å²) in [5.74, 6) is 0. The molecule has 2 rings (SSSR count). The molecule has 1 aromatic rings. The Balaban J connectivity index is 3.17. The van der Waals surface area contributed by atoms with Crippen LogP contribution in [0.3, 0.4) is 0 Å². The Morgan fingerprint density at radius 2 is 1.13 bits per heavy atom. The van der Waals surface area contributed by atoms with Crippen LogP contribution < -0.4 is 10.9 Å². The van der Waals surface area contributed by atoms with E-state index in [1.807, 2.05) is 21.7 Å². The Morgan fingerprint density at radius 3 is 1.52 bits per heavy atom. The van der Waals surface area contributed by atoms with Crippen LogP contribution in [0.15, 0.2) is 0 Å². The summed E-state index contributed by atoms with van der Waals surface area (Å²) in [6.07, 6.45) is 0. The lowest BCUT2D eigenvalue weighted by Crippen LogP contribution is -2.44. The second-order valence-electron chi connectivity index (χ2n) is 8.09. The molecule has 0 spiro atoms. The van der Waals surface area contributed by atoms with Crippen LogP contribution >= 0.6 is 0 Å². The van der Waals surface area contributed by atoms with Gasteiger partial charge >= 0.3 is 11.4 Å². The molecule has 0 aromatic heterocycles. The second-order valence-corrected chi connectivity index (χ2v) is 8.09. The van der Waals surface area contributed by atoms with E-state index in [4.69, 9.17) is 0 Å². The van der Waals surface area contributed by atoms with Crippen molar-refractivity contribution in [2.24, 2.45) is 5.41 Å². The molecule has 0 saturated carbocycles. The van der Waals surface area contributed by atoms with Crippen molar-refractivity contribution in [2.45, 2.75) is 52.4 Å². The van der Waals surface area contributed by atoms with Crippen molar-refractivity contribution in [1.82, 2.24) is 0 Å². The van der Waals surface area contributed by atoms with Gasteiger partial charge in [-0.05, 0) is 21.9 Å². The predicted molar refractivity (Wildman–Crippen MR) is 95.9 cm³/mol. The van der Waals surface area contributed by atoms with Crippen LogP contribution in [0.4, 0.5) is 11.4 Å². The molecule has 1 aliphatic carbocycles. The fraction of sp³-hybridized carbons (Fsp3) is 0.600. The zero-order chi connectivity index (χ0) is 18.1. The van der Waals surface area contributed by atoms with Crippen molar-refractivity contribution in [1.29, 1.82) is 0 Å². The van der Waals surface area contributed by atoms with Gasteiger partial charge in [-0.25, -0.2) is 0 Å². The van der Waals surface area contributed by atoms with Crippen molar-refractivity contribution >= 4 is 38.0 Å². The molecule has 0 bridgehead atoms. The van der Waals surface area contributed by atoms with Crippen molar-refractivity contribution < 1.29 is 9.85 Å². The molecule has 0 N–H and O–H groups in total. The van der Waals surface area contributed by atoms with Crippen LogP contribution in [-0.4, -0.2) is 25.5 Å². The minimum atomic E-state index is -0.616. The van der Waals surface area contributed by atoms with Crippen LogP contribution in [0.25, 0.3) is 0 Å². The van der Waals surface area contributed by atoms with Crippen molar-refractivity contribution in [2.75, 3.05) is 0 Å². The molecule has 23 heavy (non-hydrogen) atoms. The molecule has 6 nitrogen and oxygen atoms in total. The van der Waals surface area contributed by atoms with E-state index in [0.717, 1.165) is 11.0 Å². The first-order valence-electron chi connectivity index (χ1n) is 7.68. The maximum atomic E-state index is 11.8. The first kappa shape index (κ1) is 17.5. The summed E-state index contributed by atoms with van der Waals surface area (Å²) in [6.45, 7) is 12.2. The number of rotatable bonds is 2. The number of hydrogen-bond acceptors (Lipinski definition) is 4. The number of nitro benzene ring substituents is 2. The van der Waals surface area contributed by atoms with E-state index in [-0.39, 0.29) is 22.2 Å². The lowest BCUT2D eigenvalue weighted by atomic mass is 9.58. The summed E-state index contributed by atoms with van der Waals surface area (Å²) in [5, 5.41) is 23.3. The molecule has 0 unspecified atom stereocenters. The monoisotopic (exact) mass is 316 g/mol. The van der Waals surface area contributed by atoms with Gasteiger partial charge in [-0.1, -0.05) is 47.0 Å². The van der Waals surface area contributed by atoms with Gasteiger partial charge in [0.25, 0.3) is 0 Å². The molecule has 0 atom stereocenters. The Labute approximate surface area is 137 Å². The van der Waals surface area contributed by atoms with Gasteiger partial charge in [-0.2, -0.15) is 0 Å². The quantitative estimate of drug-likeness (QED) is 0.454.